The highest BCUT2D eigenvalue weighted by molar-refractivity contribution is 7.98. The third-order valence-corrected chi connectivity index (χ3v) is 7.19. The Morgan fingerprint density at radius 3 is 2.31 bits per heavy atom. The van der Waals surface area contributed by atoms with Gasteiger partial charge in [-0.3, -0.25) is 9.36 Å². The van der Waals surface area contributed by atoms with Crippen LogP contribution in [0.5, 0.6) is 0 Å². The van der Waals surface area contributed by atoms with Crippen LogP contribution in [0.15, 0.2) is 41.7 Å². The second kappa shape index (κ2) is 6.15. The summed E-state index contributed by atoms with van der Waals surface area (Å²) in [4.78, 5) is 17.7. The topological polar surface area (TPSA) is 46.9 Å². The van der Waals surface area contributed by atoms with Crippen molar-refractivity contribution in [2.24, 2.45) is 17.8 Å². The van der Waals surface area contributed by atoms with Gasteiger partial charge in [0, 0.05) is 17.4 Å². The van der Waals surface area contributed by atoms with Gasteiger partial charge in [-0.2, -0.15) is 0 Å². The Balaban J connectivity index is 1.40. The molecule has 4 nitrogen and oxygen atoms in total. The molecule has 1 aromatic heterocycles. The van der Waals surface area contributed by atoms with E-state index in [0.717, 1.165) is 28.6 Å². The van der Waals surface area contributed by atoms with Crippen molar-refractivity contribution in [1.29, 1.82) is 0 Å². The van der Waals surface area contributed by atoms with Crippen LogP contribution in [-0.4, -0.2) is 27.3 Å². The van der Waals surface area contributed by atoms with Gasteiger partial charge in [-0.15, -0.1) is 0 Å². The molecule has 0 aliphatic heterocycles. The molecule has 4 saturated carbocycles. The molecule has 5 heteroatoms. The number of rotatable bonds is 4. The zero-order chi connectivity index (χ0) is 17.7. The Morgan fingerprint density at radius 1 is 1.12 bits per heavy atom. The van der Waals surface area contributed by atoms with E-state index in [1.807, 2.05) is 47.4 Å². The van der Waals surface area contributed by atoms with Crippen molar-refractivity contribution in [3.05, 3.63) is 42.2 Å². The lowest BCUT2D eigenvalue weighted by molar-refractivity contribution is -0.0167. The van der Waals surface area contributed by atoms with Crippen molar-refractivity contribution in [2.75, 3.05) is 6.26 Å². The van der Waals surface area contributed by atoms with Gasteiger partial charge in [-0.25, -0.2) is 4.98 Å². The number of hydrogen-bond donors (Lipinski definition) is 1. The van der Waals surface area contributed by atoms with E-state index in [-0.39, 0.29) is 11.4 Å². The summed E-state index contributed by atoms with van der Waals surface area (Å²) in [7, 11) is 0. The molecule has 136 valence electrons. The summed E-state index contributed by atoms with van der Waals surface area (Å²) in [5.74, 6) is 2.47. The second-order valence-corrected chi connectivity index (χ2v) is 9.24. The summed E-state index contributed by atoms with van der Waals surface area (Å²) in [6, 6.07) is 10.1. The first-order valence-electron chi connectivity index (χ1n) is 9.65. The number of carbonyl (C=O) groups is 1. The van der Waals surface area contributed by atoms with Gasteiger partial charge in [0.05, 0.1) is 0 Å². The average Bonchev–Trinajstić information content (AvgIpc) is 3.05. The normalized spacial score (nSPS) is 32.0. The summed E-state index contributed by atoms with van der Waals surface area (Å²) >= 11 is 1.57. The maximum absolute atomic E-state index is 13.0. The van der Waals surface area contributed by atoms with E-state index in [4.69, 9.17) is 0 Å². The number of aromatic nitrogens is 2. The maximum Gasteiger partial charge on any atom is 0.271 e. The first-order chi connectivity index (χ1) is 12.6. The summed E-state index contributed by atoms with van der Waals surface area (Å²) in [5, 5.41) is 4.29. The van der Waals surface area contributed by atoms with E-state index in [0.29, 0.717) is 5.69 Å². The molecule has 0 unspecified atom stereocenters. The van der Waals surface area contributed by atoms with Crippen LogP contribution in [0, 0.1) is 17.8 Å². The van der Waals surface area contributed by atoms with E-state index in [1.54, 1.807) is 11.8 Å². The van der Waals surface area contributed by atoms with Gasteiger partial charge in [0.2, 0.25) is 0 Å². The SMILES string of the molecule is CSc1nc(C(=O)NC23CC4CC(CC(C4)C2)C3)cn1-c1ccccc1. The zero-order valence-electron chi connectivity index (χ0n) is 15.1. The molecule has 4 aliphatic carbocycles. The monoisotopic (exact) mass is 367 g/mol. The molecular formula is C21H25N3OS. The van der Waals surface area contributed by atoms with Crippen LogP contribution >= 0.6 is 11.8 Å². The molecule has 26 heavy (non-hydrogen) atoms. The largest absolute Gasteiger partial charge is 0.345 e. The van der Waals surface area contributed by atoms with Gasteiger partial charge >= 0.3 is 0 Å². The van der Waals surface area contributed by atoms with Crippen LogP contribution < -0.4 is 5.32 Å². The quantitative estimate of drug-likeness (QED) is 0.820. The Morgan fingerprint density at radius 2 is 1.73 bits per heavy atom. The molecule has 2 aromatic rings. The summed E-state index contributed by atoms with van der Waals surface area (Å²) in [6.07, 6.45) is 11.5. The molecule has 1 N–H and O–H groups in total. The van der Waals surface area contributed by atoms with Crippen molar-refractivity contribution in [2.45, 2.75) is 49.2 Å². The predicted molar refractivity (Wildman–Crippen MR) is 104 cm³/mol. The number of benzene rings is 1. The molecule has 0 radical (unpaired) electrons. The summed E-state index contributed by atoms with van der Waals surface area (Å²) in [6.45, 7) is 0. The standard InChI is InChI=1S/C21H25N3OS/c1-26-20-22-18(13-24(20)17-5-3-2-4-6-17)19(25)23-21-10-14-7-15(11-21)9-16(8-14)12-21/h2-6,13-16H,7-12H2,1H3,(H,23,25). The van der Waals surface area contributed by atoms with Gasteiger partial charge in [0.1, 0.15) is 5.69 Å². The van der Waals surface area contributed by atoms with Crippen LogP contribution in [0.3, 0.4) is 0 Å². The molecule has 0 atom stereocenters. The highest BCUT2D eigenvalue weighted by Crippen LogP contribution is 2.55. The van der Waals surface area contributed by atoms with Gasteiger partial charge in [0.15, 0.2) is 5.16 Å². The first-order valence-corrected chi connectivity index (χ1v) is 10.9. The minimum atomic E-state index is -0.00284. The first kappa shape index (κ1) is 16.4. The smallest absolute Gasteiger partial charge is 0.271 e. The van der Waals surface area contributed by atoms with Crippen LogP contribution in [0.1, 0.15) is 49.0 Å². The Labute approximate surface area is 158 Å². The summed E-state index contributed by atoms with van der Waals surface area (Å²) in [5.41, 5.74) is 1.61. The van der Waals surface area contributed by atoms with Gasteiger partial charge in [-0.05, 0) is 74.7 Å². The summed E-state index contributed by atoms with van der Waals surface area (Å²) < 4.78 is 2.01. The van der Waals surface area contributed by atoms with Crippen LogP contribution in [0.4, 0.5) is 0 Å². The van der Waals surface area contributed by atoms with E-state index in [2.05, 4.69) is 10.3 Å². The molecule has 6 rings (SSSR count). The number of para-hydroxylation sites is 1. The minimum absolute atomic E-state index is 0.00284. The highest BCUT2D eigenvalue weighted by atomic mass is 32.2. The van der Waals surface area contributed by atoms with E-state index >= 15 is 0 Å². The number of carbonyl (C=O) groups excluding carboxylic acids is 1. The number of nitrogens with one attached hydrogen (secondary N) is 1. The molecule has 1 aromatic carbocycles. The maximum atomic E-state index is 13.0. The van der Waals surface area contributed by atoms with Crippen molar-refractivity contribution in [3.63, 3.8) is 0 Å². The van der Waals surface area contributed by atoms with Crippen molar-refractivity contribution < 1.29 is 4.79 Å². The lowest BCUT2D eigenvalue weighted by atomic mass is 9.53. The van der Waals surface area contributed by atoms with E-state index < -0.39 is 0 Å². The third kappa shape index (κ3) is 2.77. The van der Waals surface area contributed by atoms with Crippen molar-refractivity contribution in [3.8, 4) is 5.69 Å². The molecule has 0 saturated heterocycles. The Kier molecular flexibility index (Phi) is 3.89. The van der Waals surface area contributed by atoms with E-state index in [1.165, 1.54) is 38.5 Å². The molecule has 1 amide bonds. The van der Waals surface area contributed by atoms with Gasteiger partial charge in [0.25, 0.3) is 5.91 Å². The Hall–Kier alpha value is -1.75. The lowest BCUT2D eigenvalue weighted by Gasteiger charge is -2.56. The number of nitrogens with zero attached hydrogens (tertiary/aromatic N) is 2. The predicted octanol–water partition coefficient (Wildman–Crippen LogP) is 4.29. The van der Waals surface area contributed by atoms with Gasteiger partial charge in [-0.1, -0.05) is 30.0 Å². The molecule has 4 fully saturated rings. The number of thioether (sulfide) groups is 1. The molecule has 4 bridgehead atoms. The third-order valence-electron chi connectivity index (χ3n) is 6.54. The fourth-order valence-electron chi connectivity index (χ4n) is 5.96. The fourth-order valence-corrected chi connectivity index (χ4v) is 6.50. The van der Waals surface area contributed by atoms with Gasteiger partial charge < -0.3 is 5.32 Å². The molecule has 4 aliphatic rings. The zero-order valence-corrected chi connectivity index (χ0v) is 16.0. The Bertz CT molecular complexity index is 794. The minimum Gasteiger partial charge on any atom is -0.345 e. The highest BCUT2D eigenvalue weighted by Gasteiger charge is 2.51. The van der Waals surface area contributed by atoms with Crippen LogP contribution in [0.25, 0.3) is 5.69 Å². The average molecular weight is 368 g/mol. The molecular weight excluding hydrogens is 342 g/mol. The number of imidazole rings is 1. The second-order valence-electron chi connectivity index (χ2n) is 8.47. The molecule has 1 heterocycles. The number of hydrogen-bond acceptors (Lipinski definition) is 3. The lowest BCUT2D eigenvalue weighted by Crippen LogP contribution is -2.59. The van der Waals surface area contributed by atoms with Crippen LogP contribution in [0.2, 0.25) is 0 Å². The van der Waals surface area contributed by atoms with Crippen LogP contribution in [-0.2, 0) is 0 Å². The molecule has 0 spiro atoms. The van der Waals surface area contributed by atoms with Crippen molar-refractivity contribution in [1.82, 2.24) is 14.9 Å². The van der Waals surface area contributed by atoms with Crippen molar-refractivity contribution >= 4 is 17.7 Å². The number of amides is 1. The van der Waals surface area contributed by atoms with E-state index in [9.17, 15) is 4.79 Å². The fraction of sp³-hybridized carbons (Fsp3) is 0.524.